The van der Waals surface area contributed by atoms with Crippen molar-refractivity contribution in [3.8, 4) is 0 Å². The van der Waals surface area contributed by atoms with Crippen molar-refractivity contribution in [1.82, 2.24) is 0 Å². The van der Waals surface area contributed by atoms with Crippen molar-refractivity contribution < 1.29 is 73.8 Å². The molecule has 0 bridgehead atoms. The highest BCUT2D eigenvalue weighted by atomic mass is 16.7. The van der Waals surface area contributed by atoms with Crippen LogP contribution in [0, 0.1) is 0 Å². The van der Waals surface area contributed by atoms with Gasteiger partial charge in [-0.1, -0.05) is 172 Å². The summed E-state index contributed by atoms with van der Waals surface area (Å²) in [5, 5.41) is 72.1. The minimum atomic E-state index is -1.77. The van der Waals surface area contributed by atoms with Crippen LogP contribution in [-0.2, 0) is 38.0 Å². The Morgan fingerprint density at radius 1 is 0.464 bits per heavy atom. The molecule has 11 atom stereocenters. The summed E-state index contributed by atoms with van der Waals surface area (Å²) in [5.74, 6) is -0.943. The largest absolute Gasteiger partial charge is 0.462 e. The van der Waals surface area contributed by atoms with Gasteiger partial charge < -0.3 is 64.2 Å². The normalized spacial score (nSPS) is 25.8. The molecule has 0 radical (unpaired) electrons. The van der Waals surface area contributed by atoms with Gasteiger partial charge in [0, 0.05) is 12.8 Å². The lowest BCUT2D eigenvalue weighted by Crippen LogP contribution is -2.61. The summed E-state index contributed by atoms with van der Waals surface area (Å²) in [7, 11) is 0. The lowest BCUT2D eigenvalue weighted by molar-refractivity contribution is -0.332. The van der Waals surface area contributed by atoms with Gasteiger partial charge in [0.2, 0.25) is 0 Å². The molecule has 2 fully saturated rings. The minimum Gasteiger partial charge on any atom is -0.462 e. The number of esters is 2. The molecule has 15 heteroatoms. The van der Waals surface area contributed by atoms with Crippen molar-refractivity contribution in [2.45, 2.75) is 268 Å². The maximum atomic E-state index is 13.0. The summed E-state index contributed by atoms with van der Waals surface area (Å²) >= 11 is 0. The summed E-state index contributed by atoms with van der Waals surface area (Å²) in [5.41, 5.74) is 0. The second kappa shape index (κ2) is 41.2. The van der Waals surface area contributed by atoms with Crippen LogP contribution in [0.4, 0.5) is 0 Å². The molecule has 7 N–H and O–H groups in total. The third-order valence-corrected chi connectivity index (χ3v) is 12.9. The van der Waals surface area contributed by atoms with E-state index in [1.54, 1.807) is 0 Å². The molecule has 2 saturated heterocycles. The van der Waals surface area contributed by atoms with Crippen LogP contribution < -0.4 is 0 Å². The van der Waals surface area contributed by atoms with Crippen molar-refractivity contribution in [2.75, 3.05) is 26.4 Å². The average molecular weight is 985 g/mol. The molecule has 402 valence electrons. The van der Waals surface area contributed by atoms with E-state index in [9.17, 15) is 45.3 Å². The average Bonchev–Trinajstić information content (AvgIpc) is 3.34. The number of hydrogen-bond donors (Lipinski definition) is 7. The highest BCUT2D eigenvalue weighted by molar-refractivity contribution is 5.70. The van der Waals surface area contributed by atoms with Crippen LogP contribution in [0.2, 0.25) is 0 Å². The predicted molar refractivity (Wildman–Crippen MR) is 266 cm³/mol. The highest BCUT2D eigenvalue weighted by Gasteiger charge is 2.47. The van der Waals surface area contributed by atoms with Crippen molar-refractivity contribution in [3.63, 3.8) is 0 Å². The number of hydrogen-bond acceptors (Lipinski definition) is 15. The fraction of sp³-hybridized carbons (Fsp3) is 0.852. The van der Waals surface area contributed by atoms with Gasteiger partial charge in [-0.2, -0.15) is 0 Å². The first kappa shape index (κ1) is 62.8. The van der Waals surface area contributed by atoms with Crippen LogP contribution in [0.3, 0.4) is 0 Å². The van der Waals surface area contributed by atoms with Gasteiger partial charge in [-0.25, -0.2) is 0 Å². The van der Waals surface area contributed by atoms with E-state index in [0.29, 0.717) is 12.8 Å². The molecule has 15 nitrogen and oxygen atoms in total. The van der Waals surface area contributed by atoms with Crippen LogP contribution in [0.1, 0.15) is 200 Å². The Bertz CT molecular complexity index is 1340. The standard InChI is InChI=1S/C54H96O15/c1-3-5-7-9-11-13-15-17-19-21-23-24-26-28-30-32-34-36-45(56)64-39-42(67-46(57)37-35-33-31-29-27-25-22-20-18-16-14-12-10-8-6-4-2)40-65-53-52(63)50(61)48(59)44(69-53)41-66-54-51(62)49(60)47(58)43(38-55)68-54/h11,13,17,19,23-24,42-44,47-55,58-63H,3-10,12,14-16,18,20-22,25-41H2,1-2H3/b13-11+,19-17+,24-23+/t42-,43+,44+,47-,48-,49?,50?,51?,52?,53+,54+/m0/s1. The molecule has 0 spiro atoms. The van der Waals surface area contributed by atoms with Crippen LogP contribution in [0.5, 0.6) is 0 Å². The first-order chi connectivity index (χ1) is 33.5. The highest BCUT2D eigenvalue weighted by Crippen LogP contribution is 2.26. The third-order valence-electron chi connectivity index (χ3n) is 12.9. The van der Waals surface area contributed by atoms with Gasteiger partial charge in [-0.3, -0.25) is 9.59 Å². The fourth-order valence-electron chi connectivity index (χ4n) is 8.40. The van der Waals surface area contributed by atoms with E-state index in [0.717, 1.165) is 64.2 Å². The molecular weight excluding hydrogens is 889 g/mol. The lowest BCUT2D eigenvalue weighted by atomic mass is 9.98. The molecular formula is C54H96O15. The van der Waals surface area contributed by atoms with Gasteiger partial charge in [0.25, 0.3) is 0 Å². The zero-order valence-corrected chi connectivity index (χ0v) is 42.5. The van der Waals surface area contributed by atoms with Crippen LogP contribution in [0.25, 0.3) is 0 Å². The molecule has 0 aromatic carbocycles. The molecule has 0 aromatic heterocycles. The number of carbonyl (C=O) groups is 2. The van der Waals surface area contributed by atoms with E-state index in [1.807, 2.05) is 0 Å². The molecule has 2 aliphatic heterocycles. The van der Waals surface area contributed by atoms with Crippen LogP contribution in [0.15, 0.2) is 36.5 Å². The Labute approximate surface area is 415 Å². The summed E-state index contributed by atoms with van der Waals surface area (Å²) in [6, 6.07) is 0. The van der Waals surface area contributed by atoms with E-state index in [2.05, 4.69) is 50.3 Å². The monoisotopic (exact) mass is 985 g/mol. The SMILES string of the molecule is CCCCC/C=C/C/C=C/C/C=C/CCCCCCC(=O)OC[C@@H](CO[C@@H]1O[C@H](CO[C@@H]2O[C@H](CO)[C@H](O)C(O)C2O)[C@H](O)C(O)C1O)OC(=O)CCCCCCCCCCCCCCCCCC. The first-order valence-corrected chi connectivity index (χ1v) is 27.1. The molecule has 0 aromatic rings. The summed E-state index contributed by atoms with van der Waals surface area (Å²) in [4.78, 5) is 25.8. The third kappa shape index (κ3) is 29.1. The number of unbranched alkanes of at least 4 members (excludes halogenated alkanes) is 22. The zero-order valence-electron chi connectivity index (χ0n) is 42.5. The smallest absolute Gasteiger partial charge is 0.306 e. The van der Waals surface area contributed by atoms with E-state index in [-0.39, 0.29) is 26.1 Å². The van der Waals surface area contributed by atoms with E-state index >= 15 is 0 Å². The Morgan fingerprint density at radius 3 is 1.39 bits per heavy atom. The van der Waals surface area contributed by atoms with E-state index in [4.69, 9.17) is 28.4 Å². The molecule has 2 heterocycles. The maximum absolute atomic E-state index is 13.0. The number of allylic oxidation sites excluding steroid dienone is 6. The molecule has 0 saturated carbocycles. The molecule has 0 amide bonds. The molecule has 4 unspecified atom stereocenters. The molecule has 2 aliphatic rings. The van der Waals surface area contributed by atoms with Crippen LogP contribution in [-0.4, -0.2) is 142 Å². The van der Waals surface area contributed by atoms with Crippen molar-refractivity contribution in [1.29, 1.82) is 0 Å². The van der Waals surface area contributed by atoms with Crippen LogP contribution >= 0.6 is 0 Å². The van der Waals surface area contributed by atoms with Gasteiger partial charge in [-0.05, 0) is 51.4 Å². The Balaban J connectivity index is 1.80. The van der Waals surface area contributed by atoms with Gasteiger partial charge >= 0.3 is 11.9 Å². The second-order valence-corrected chi connectivity index (χ2v) is 19.1. The van der Waals surface area contributed by atoms with E-state index in [1.165, 1.54) is 96.3 Å². The maximum Gasteiger partial charge on any atom is 0.306 e. The van der Waals surface area contributed by atoms with Crippen molar-refractivity contribution in [3.05, 3.63) is 36.5 Å². The Hall–Kier alpha value is -2.28. The molecule has 2 rings (SSSR count). The fourth-order valence-corrected chi connectivity index (χ4v) is 8.40. The summed E-state index contributed by atoms with van der Waals surface area (Å²) in [6.45, 7) is 2.56. The van der Waals surface area contributed by atoms with Gasteiger partial charge in [0.1, 0.15) is 55.4 Å². The van der Waals surface area contributed by atoms with Gasteiger partial charge in [-0.15, -0.1) is 0 Å². The zero-order chi connectivity index (χ0) is 50.3. The van der Waals surface area contributed by atoms with Gasteiger partial charge in [0.15, 0.2) is 18.7 Å². The van der Waals surface area contributed by atoms with E-state index < -0.39 is 92.7 Å². The van der Waals surface area contributed by atoms with Crippen molar-refractivity contribution in [2.24, 2.45) is 0 Å². The molecule has 69 heavy (non-hydrogen) atoms. The second-order valence-electron chi connectivity index (χ2n) is 19.1. The van der Waals surface area contributed by atoms with Gasteiger partial charge in [0.05, 0.1) is 19.8 Å². The Kier molecular flexibility index (Phi) is 37.5. The lowest BCUT2D eigenvalue weighted by Gasteiger charge is -2.42. The quantitative estimate of drug-likeness (QED) is 0.0174. The number of aliphatic hydroxyl groups is 7. The number of aliphatic hydroxyl groups excluding tert-OH is 7. The first-order valence-electron chi connectivity index (χ1n) is 27.1. The number of ether oxygens (including phenoxy) is 6. The molecule has 0 aliphatic carbocycles. The number of carbonyl (C=O) groups excluding carboxylic acids is 2. The predicted octanol–water partition coefficient (Wildman–Crippen LogP) is 8.10. The summed E-state index contributed by atoms with van der Waals surface area (Å²) < 4.78 is 33.6. The Morgan fingerprint density at radius 2 is 0.870 bits per heavy atom. The minimum absolute atomic E-state index is 0.163. The summed E-state index contributed by atoms with van der Waals surface area (Å²) in [6.07, 6.45) is 27.3. The topological polar surface area (TPSA) is 231 Å². The number of rotatable bonds is 42. The van der Waals surface area contributed by atoms with Crippen molar-refractivity contribution >= 4 is 11.9 Å².